The van der Waals surface area contributed by atoms with Crippen LogP contribution in [-0.2, 0) is 0 Å². The summed E-state index contributed by atoms with van der Waals surface area (Å²) in [6.45, 7) is 13.9. The van der Waals surface area contributed by atoms with Gasteiger partial charge in [-0.1, -0.05) is 48.5 Å². The maximum atomic E-state index is 2.41. The summed E-state index contributed by atoms with van der Waals surface area (Å²) >= 11 is 0. The van der Waals surface area contributed by atoms with E-state index in [1.807, 2.05) is 0 Å². The second-order valence-corrected chi connectivity index (χ2v) is 9.54. The van der Waals surface area contributed by atoms with Crippen molar-refractivity contribution < 1.29 is 0 Å². The highest BCUT2D eigenvalue weighted by molar-refractivity contribution is 6.19. The molecule has 0 saturated heterocycles. The number of aryl methyl sites for hydroxylation is 6. The van der Waals surface area contributed by atoms with E-state index in [4.69, 9.17) is 0 Å². The number of benzene rings is 6. The fourth-order valence-electron chi connectivity index (χ4n) is 6.45. The van der Waals surface area contributed by atoms with Crippen molar-refractivity contribution >= 4 is 53.9 Å². The van der Waals surface area contributed by atoms with Gasteiger partial charge in [-0.25, -0.2) is 0 Å². The minimum atomic E-state index is 1.33. The molecule has 0 saturated carbocycles. The van der Waals surface area contributed by atoms with E-state index >= 15 is 0 Å². The molecule has 0 bridgehead atoms. The Kier molecular flexibility index (Phi) is 3.96. The summed E-state index contributed by atoms with van der Waals surface area (Å²) in [5.74, 6) is 0. The Balaban J connectivity index is 1.94. The molecule has 0 aliphatic rings. The molecule has 156 valence electrons. The van der Waals surface area contributed by atoms with Gasteiger partial charge in [-0.15, -0.1) is 0 Å². The fraction of sp³-hybridized carbons (Fsp3) is 0.188. The Labute approximate surface area is 189 Å². The van der Waals surface area contributed by atoms with Crippen molar-refractivity contribution in [3.63, 3.8) is 0 Å². The fourth-order valence-corrected chi connectivity index (χ4v) is 6.45. The first-order valence-corrected chi connectivity index (χ1v) is 11.6. The van der Waals surface area contributed by atoms with Crippen LogP contribution >= 0.6 is 0 Å². The third-order valence-corrected chi connectivity index (χ3v) is 7.93. The highest BCUT2D eigenvalue weighted by Crippen LogP contribution is 2.44. The number of fused-ring (bicyclic) bond motifs is 5. The van der Waals surface area contributed by atoms with Gasteiger partial charge in [0, 0.05) is 0 Å². The zero-order chi connectivity index (χ0) is 22.3. The standard InChI is InChI=1S/C32H28/c1-17-25-13-9-7-11-23(25)15-27-19(3)32-22(6)30-18(2)26-14-10-8-12-24(26)16-28(30)20(4)31(32)21(5)29(17)27/h7-16H,1-6H3. The molecule has 0 heterocycles. The maximum absolute atomic E-state index is 2.41. The lowest BCUT2D eigenvalue weighted by Crippen LogP contribution is -1.98. The third-order valence-electron chi connectivity index (χ3n) is 7.93. The topological polar surface area (TPSA) is 0 Å². The lowest BCUT2D eigenvalue weighted by Gasteiger charge is -2.22. The van der Waals surface area contributed by atoms with Crippen molar-refractivity contribution in [2.45, 2.75) is 41.5 Å². The minimum absolute atomic E-state index is 1.33. The van der Waals surface area contributed by atoms with Crippen LogP contribution in [0.15, 0.2) is 60.7 Å². The van der Waals surface area contributed by atoms with Gasteiger partial charge in [-0.3, -0.25) is 0 Å². The van der Waals surface area contributed by atoms with Gasteiger partial charge in [0.15, 0.2) is 0 Å². The Morgan fingerprint density at radius 1 is 0.344 bits per heavy atom. The van der Waals surface area contributed by atoms with E-state index in [1.165, 1.54) is 87.2 Å². The van der Waals surface area contributed by atoms with Gasteiger partial charge in [0.25, 0.3) is 0 Å². The molecule has 0 heteroatoms. The van der Waals surface area contributed by atoms with Gasteiger partial charge >= 0.3 is 0 Å². The molecule has 0 atom stereocenters. The van der Waals surface area contributed by atoms with E-state index in [0.717, 1.165) is 0 Å². The van der Waals surface area contributed by atoms with E-state index in [0.29, 0.717) is 0 Å². The van der Waals surface area contributed by atoms with Crippen LogP contribution in [0.4, 0.5) is 0 Å². The average molecular weight is 413 g/mol. The molecule has 6 aromatic rings. The number of rotatable bonds is 0. The van der Waals surface area contributed by atoms with Crippen LogP contribution in [0.1, 0.15) is 33.4 Å². The summed E-state index contributed by atoms with van der Waals surface area (Å²) in [6.07, 6.45) is 0. The Morgan fingerprint density at radius 3 is 1.09 bits per heavy atom. The molecule has 0 radical (unpaired) electrons. The van der Waals surface area contributed by atoms with E-state index in [1.54, 1.807) is 0 Å². The van der Waals surface area contributed by atoms with Crippen LogP contribution in [0.3, 0.4) is 0 Å². The summed E-state index contributed by atoms with van der Waals surface area (Å²) in [7, 11) is 0. The molecular weight excluding hydrogens is 384 g/mol. The molecule has 0 aliphatic carbocycles. The van der Waals surface area contributed by atoms with Gasteiger partial charge in [-0.2, -0.15) is 0 Å². The quantitative estimate of drug-likeness (QED) is 0.218. The molecule has 0 amide bonds. The highest BCUT2D eigenvalue weighted by Gasteiger charge is 2.20. The van der Waals surface area contributed by atoms with Crippen LogP contribution in [0.2, 0.25) is 0 Å². The van der Waals surface area contributed by atoms with Crippen LogP contribution in [0, 0.1) is 41.5 Å². The van der Waals surface area contributed by atoms with Crippen LogP contribution < -0.4 is 0 Å². The van der Waals surface area contributed by atoms with E-state index < -0.39 is 0 Å². The van der Waals surface area contributed by atoms with Crippen molar-refractivity contribution in [1.29, 1.82) is 0 Å². The molecular formula is C32H28. The van der Waals surface area contributed by atoms with E-state index in [9.17, 15) is 0 Å². The van der Waals surface area contributed by atoms with Crippen molar-refractivity contribution in [2.24, 2.45) is 0 Å². The summed E-state index contributed by atoms with van der Waals surface area (Å²) in [5.41, 5.74) is 8.43. The van der Waals surface area contributed by atoms with Gasteiger partial charge in [0.1, 0.15) is 0 Å². The first kappa shape index (κ1) is 19.3. The first-order chi connectivity index (χ1) is 15.4. The Bertz CT molecular complexity index is 1630. The van der Waals surface area contributed by atoms with Crippen LogP contribution in [0.5, 0.6) is 0 Å². The molecule has 0 aliphatic heterocycles. The van der Waals surface area contributed by atoms with Crippen molar-refractivity contribution in [2.75, 3.05) is 0 Å². The Morgan fingerprint density at radius 2 is 0.688 bits per heavy atom. The minimum Gasteiger partial charge on any atom is -0.0616 e. The first-order valence-electron chi connectivity index (χ1n) is 11.6. The lowest BCUT2D eigenvalue weighted by molar-refractivity contribution is 1.43. The molecule has 0 aromatic heterocycles. The van der Waals surface area contributed by atoms with Crippen molar-refractivity contribution in [1.82, 2.24) is 0 Å². The van der Waals surface area contributed by atoms with Gasteiger partial charge in [0.2, 0.25) is 0 Å². The summed E-state index contributed by atoms with van der Waals surface area (Å²) in [6, 6.07) is 22.4. The summed E-state index contributed by atoms with van der Waals surface area (Å²) < 4.78 is 0. The van der Waals surface area contributed by atoms with E-state index in [-0.39, 0.29) is 0 Å². The predicted octanol–water partition coefficient (Wildman–Crippen LogP) is 9.30. The molecule has 6 rings (SSSR count). The Hall–Kier alpha value is -3.38. The summed E-state index contributed by atoms with van der Waals surface area (Å²) in [5, 5.41) is 13.9. The second-order valence-electron chi connectivity index (χ2n) is 9.54. The molecule has 0 unspecified atom stereocenters. The van der Waals surface area contributed by atoms with Gasteiger partial charge in [0.05, 0.1) is 0 Å². The van der Waals surface area contributed by atoms with Crippen LogP contribution in [-0.4, -0.2) is 0 Å². The van der Waals surface area contributed by atoms with Gasteiger partial charge in [-0.05, 0) is 141 Å². The zero-order valence-corrected chi connectivity index (χ0v) is 19.8. The molecule has 0 nitrogen and oxygen atoms in total. The number of hydrogen-bond donors (Lipinski definition) is 0. The monoisotopic (exact) mass is 412 g/mol. The normalized spacial score (nSPS) is 12.1. The maximum Gasteiger partial charge on any atom is -0.0107 e. The average Bonchev–Trinajstić information content (AvgIpc) is 2.79. The molecule has 0 N–H and O–H groups in total. The third kappa shape index (κ3) is 2.33. The molecule has 32 heavy (non-hydrogen) atoms. The highest BCUT2D eigenvalue weighted by atomic mass is 14.2. The second kappa shape index (κ2) is 6.56. The predicted molar refractivity (Wildman–Crippen MR) is 142 cm³/mol. The molecule has 6 aromatic carbocycles. The zero-order valence-electron chi connectivity index (χ0n) is 19.8. The van der Waals surface area contributed by atoms with Crippen LogP contribution in [0.25, 0.3) is 53.9 Å². The van der Waals surface area contributed by atoms with E-state index in [2.05, 4.69) is 102 Å². The lowest BCUT2D eigenvalue weighted by atomic mass is 9.81. The van der Waals surface area contributed by atoms with Crippen molar-refractivity contribution in [3.05, 3.63) is 94.0 Å². The van der Waals surface area contributed by atoms with Crippen molar-refractivity contribution in [3.8, 4) is 0 Å². The number of hydrogen-bond acceptors (Lipinski definition) is 0. The van der Waals surface area contributed by atoms with Gasteiger partial charge < -0.3 is 0 Å². The SMILES string of the molecule is Cc1c2ccccc2cc2c(C)c3c(C)c4c(C)c5ccccc5cc4c(C)c3c(C)c12. The smallest absolute Gasteiger partial charge is 0.0107 e. The largest absolute Gasteiger partial charge is 0.0616 e. The summed E-state index contributed by atoms with van der Waals surface area (Å²) in [4.78, 5) is 0. The molecule has 0 spiro atoms. The molecule has 0 fully saturated rings.